The van der Waals surface area contributed by atoms with E-state index in [9.17, 15) is 22.4 Å². The van der Waals surface area contributed by atoms with Crippen LogP contribution >= 0.6 is 0 Å². The van der Waals surface area contributed by atoms with E-state index in [2.05, 4.69) is 5.32 Å². The predicted molar refractivity (Wildman–Crippen MR) is 137 cm³/mol. The highest BCUT2D eigenvalue weighted by Crippen LogP contribution is 2.22. The van der Waals surface area contributed by atoms with Gasteiger partial charge in [0.2, 0.25) is 21.8 Å². The van der Waals surface area contributed by atoms with Crippen molar-refractivity contribution in [1.82, 2.24) is 10.2 Å². The molecule has 0 bridgehead atoms. The van der Waals surface area contributed by atoms with Crippen LogP contribution in [-0.4, -0.2) is 50.0 Å². The highest BCUT2D eigenvalue weighted by atomic mass is 32.2. The SMILES string of the molecule is CC[C@H](C)NC(=O)[C@@H](C)N(Cc1ccccc1C)C(=O)CCCN(c1ccccc1F)S(C)(=O)=O. The van der Waals surface area contributed by atoms with Crippen molar-refractivity contribution in [3.05, 3.63) is 65.5 Å². The highest BCUT2D eigenvalue weighted by molar-refractivity contribution is 7.92. The number of nitrogens with zero attached hydrogens (tertiary/aromatic N) is 2. The second-order valence-electron chi connectivity index (χ2n) is 8.83. The molecule has 0 aliphatic heterocycles. The average Bonchev–Trinajstić information content (AvgIpc) is 2.80. The van der Waals surface area contributed by atoms with Crippen LogP contribution in [-0.2, 0) is 26.2 Å². The quantitative estimate of drug-likeness (QED) is 0.472. The van der Waals surface area contributed by atoms with E-state index in [1.807, 2.05) is 45.0 Å². The van der Waals surface area contributed by atoms with E-state index in [0.29, 0.717) is 0 Å². The molecular weight excluding hydrogens is 469 g/mol. The molecule has 9 heteroatoms. The summed E-state index contributed by atoms with van der Waals surface area (Å²) in [5.74, 6) is -1.17. The Morgan fingerprint density at radius 2 is 1.69 bits per heavy atom. The van der Waals surface area contributed by atoms with Gasteiger partial charge in [0.1, 0.15) is 11.9 Å². The van der Waals surface area contributed by atoms with E-state index in [-0.39, 0.29) is 49.5 Å². The molecule has 0 heterocycles. The average molecular weight is 506 g/mol. The molecule has 0 spiro atoms. The number of amides is 2. The first kappa shape index (κ1) is 28.3. The number of hydrogen-bond acceptors (Lipinski definition) is 4. The van der Waals surface area contributed by atoms with Gasteiger partial charge in [0.05, 0.1) is 11.9 Å². The van der Waals surface area contributed by atoms with Crippen molar-refractivity contribution in [1.29, 1.82) is 0 Å². The van der Waals surface area contributed by atoms with Crippen molar-refractivity contribution in [2.75, 3.05) is 17.1 Å². The lowest BCUT2D eigenvalue weighted by atomic mass is 10.1. The first-order valence-electron chi connectivity index (χ1n) is 11.8. The van der Waals surface area contributed by atoms with Crippen molar-refractivity contribution in [3.63, 3.8) is 0 Å². The second kappa shape index (κ2) is 12.7. The smallest absolute Gasteiger partial charge is 0.242 e. The van der Waals surface area contributed by atoms with Crippen LogP contribution in [0.4, 0.5) is 10.1 Å². The van der Waals surface area contributed by atoms with Gasteiger partial charge in [-0.3, -0.25) is 13.9 Å². The van der Waals surface area contributed by atoms with Gasteiger partial charge in [0, 0.05) is 25.6 Å². The Kier molecular flexibility index (Phi) is 10.2. The van der Waals surface area contributed by atoms with E-state index >= 15 is 0 Å². The molecule has 0 aliphatic carbocycles. The fourth-order valence-corrected chi connectivity index (χ4v) is 4.62. The Morgan fingerprint density at radius 3 is 2.29 bits per heavy atom. The van der Waals surface area contributed by atoms with Gasteiger partial charge in [-0.1, -0.05) is 43.3 Å². The minimum absolute atomic E-state index is 0.00725. The Balaban J connectivity index is 2.20. The lowest BCUT2D eigenvalue weighted by molar-refractivity contribution is -0.140. The van der Waals surface area contributed by atoms with Crippen molar-refractivity contribution in [2.24, 2.45) is 0 Å². The molecular formula is C26H36FN3O4S. The van der Waals surface area contributed by atoms with Gasteiger partial charge in [-0.15, -0.1) is 0 Å². The summed E-state index contributed by atoms with van der Waals surface area (Å²) in [5, 5.41) is 2.92. The molecule has 7 nitrogen and oxygen atoms in total. The second-order valence-corrected chi connectivity index (χ2v) is 10.7. The number of anilines is 1. The van der Waals surface area contributed by atoms with Crippen molar-refractivity contribution < 1.29 is 22.4 Å². The van der Waals surface area contributed by atoms with Crippen LogP contribution in [0.3, 0.4) is 0 Å². The largest absolute Gasteiger partial charge is 0.352 e. The maximum absolute atomic E-state index is 14.3. The molecule has 2 amide bonds. The number of carbonyl (C=O) groups excluding carboxylic acids is 2. The lowest BCUT2D eigenvalue weighted by Gasteiger charge is -2.30. The third kappa shape index (κ3) is 8.06. The first-order chi connectivity index (χ1) is 16.5. The molecule has 0 radical (unpaired) electrons. The van der Waals surface area contributed by atoms with Gasteiger partial charge in [-0.2, -0.15) is 0 Å². The molecule has 0 saturated heterocycles. The van der Waals surface area contributed by atoms with E-state index in [0.717, 1.165) is 28.1 Å². The molecule has 2 rings (SSSR count). The molecule has 2 atom stereocenters. The number of para-hydroxylation sites is 1. The molecule has 35 heavy (non-hydrogen) atoms. The Morgan fingerprint density at radius 1 is 1.06 bits per heavy atom. The van der Waals surface area contributed by atoms with Crippen LogP contribution in [0.15, 0.2) is 48.5 Å². The molecule has 0 fully saturated rings. The molecule has 2 aromatic rings. The summed E-state index contributed by atoms with van der Waals surface area (Å²) in [6.45, 7) is 7.70. The van der Waals surface area contributed by atoms with Crippen LogP contribution in [0.5, 0.6) is 0 Å². The molecule has 0 aromatic heterocycles. The topological polar surface area (TPSA) is 86.8 Å². The summed E-state index contributed by atoms with van der Waals surface area (Å²) in [6, 6.07) is 12.5. The van der Waals surface area contributed by atoms with E-state index in [1.54, 1.807) is 13.0 Å². The third-order valence-electron chi connectivity index (χ3n) is 6.04. The minimum Gasteiger partial charge on any atom is -0.352 e. The van der Waals surface area contributed by atoms with Crippen LogP contribution in [0.2, 0.25) is 0 Å². The molecule has 192 valence electrons. The van der Waals surface area contributed by atoms with Crippen LogP contribution in [0, 0.1) is 12.7 Å². The predicted octanol–water partition coefficient (Wildman–Crippen LogP) is 4.01. The summed E-state index contributed by atoms with van der Waals surface area (Å²) in [7, 11) is -3.75. The van der Waals surface area contributed by atoms with Crippen molar-refractivity contribution in [3.8, 4) is 0 Å². The lowest BCUT2D eigenvalue weighted by Crippen LogP contribution is -2.49. The highest BCUT2D eigenvalue weighted by Gasteiger charge is 2.28. The number of rotatable bonds is 12. The van der Waals surface area contributed by atoms with Gasteiger partial charge < -0.3 is 10.2 Å². The number of nitrogens with one attached hydrogen (secondary N) is 1. The van der Waals surface area contributed by atoms with Crippen molar-refractivity contribution >= 4 is 27.5 Å². The van der Waals surface area contributed by atoms with Gasteiger partial charge >= 0.3 is 0 Å². The summed E-state index contributed by atoms with van der Waals surface area (Å²) < 4.78 is 39.9. The Labute approximate surface area is 208 Å². The van der Waals surface area contributed by atoms with Gasteiger partial charge in [-0.05, 0) is 56.9 Å². The Bertz CT molecular complexity index is 1120. The summed E-state index contributed by atoms with van der Waals surface area (Å²) in [5.41, 5.74) is 1.87. The first-order valence-corrected chi connectivity index (χ1v) is 13.7. The van der Waals surface area contributed by atoms with Gasteiger partial charge in [0.25, 0.3) is 0 Å². The number of halogens is 1. The third-order valence-corrected chi connectivity index (χ3v) is 7.22. The van der Waals surface area contributed by atoms with Gasteiger partial charge in [-0.25, -0.2) is 12.8 Å². The summed E-state index contributed by atoms with van der Waals surface area (Å²) in [6.07, 6.45) is 1.95. The monoisotopic (exact) mass is 505 g/mol. The zero-order valence-corrected chi connectivity index (χ0v) is 21.9. The Hall–Kier alpha value is -2.94. The van der Waals surface area contributed by atoms with E-state index < -0.39 is 21.9 Å². The summed E-state index contributed by atoms with van der Waals surface area (Å²) >= 11 is 0. The number of carbonyl (C=O) groups is 2. The number of benzene rings is 2. The minimum atomic E-state index is -3.75. The maximum atomic E-state index is 14.3. The fourth-order valence-electron chi connectivity index (χ4n) is 3.66. The van der Waals surface area contributed by atoms with Gasteiger partial charge in [0.15, 0.2) is 0 Å². The van der Waals surface area contributed by atoms with Crippen LogP contribution in [0.25, 0.3) is 0 Å². The zero-order valence-electron chi connectivity index (χ0n) is 21.1. The zero-order chi connectivity index (χ0) is 26.2. The van der Waals surface area contributed by atoms with Crippen molar-refractivity contribution in [2.45, 2.75) is 65.6 Å². The number of hydrogen-bond donors (Lipinski definition) is 1. The van der Waals surface area contributed by atoms with E-state index in [1.165, 1.54) is 23.1 Å². The molecule has 0 aliphatic rings. The maximum Gasteiger partial charge on any atom is 0.242 e. The van der Waals surface area contributed by atoms with Crippen LogP contribution in [0.1, 0.15) is 51.2 Å². The number of aryl methyl sites for hydroxylation is 1. The molecule has 0 saturated carbocycles. The molecule has 1 N–H and O–H groups in total. The normalized spacial score (nSPS) is 13.1. The molecule has 2 aromatic carbocycles. The standard InChI is InChI=1S/C26H36FN3O4S/c1-6-20(3)28-26(32)21(4)29(18-22-13-8-7-12-19(22)2)25(31)16-11-17-30(35(5,33)34)24-15-10-9-14-23(24)27/h7-10,12-15,20-21H,6,11,16-18H2,1-5H3,(H,28,32)/t20-,21+/m0/s1. The van der Waals surface area contributed by atoms with E-state index in [4.69, 9.17) is 0 Å². The fraction of sp³-hybridized carbons (Fsp3) is 0.462. The number of sulfonamides is 1. The molecule has 0 unspecified atom stereocenters. The summed E-state index contributed by atoms with van der Waals surface area (Å²) in [4.78, 5) is 27.7. The van der Waals surface area contributed by atoms with Crippen LogP contribution < -0.4 is 9.62 Å².